The lowest BCUT2D eigenvalue weighted by atomic mass is 9.85. The summed E-state index contributed by atoms with van der Waals surface area (Å²) in [5.41, 5.74) is -2.04. The van der Waals surface area contributed by atoms with Gasteiger partial charge in [0.05, 0.1) is 35.8 Å². The Morgan fingerprint density at radius 1 is 1.10 bits per heavy atom. The van der Waals surface area contributed by atoms with Gasteiger partial charge in [-0.3, -0.25) is 19.1 Å². The third kappa shape index (κ3) is 9.54. The number of methoxy groups -OCH3 is 1. The summed E-state index contributed by atoms with van der Waals surface area (Å²) in [6, 6.07) is 5.67. The Bertz CT molecular complexity index is 2450. The van der Waals surface area contributed by atoms with Crippen molar-refractivity contribution in [1.82, 2.24) is 24.9 Å². The first-order valence-electron chi connectivity index (χ1n) is 18.3. The molecule has 1 aliphatic heterocycles. The van der Waals surface area contributed by atoms with E-state index in [4.69, 9.17) is 44.3 Å². The number of hydrogen-bond acceptors (Lipinski definition) is 11. The second-order valence-electron chi connectivity index (χ2n) is 15.7. The van der Waals surface area contributed by atoms with Gasteiger partial charge in [-0.15, -0.1) is 42.7 Å². The van der Waals surface area contributed by atoms with Crippen LogP contribution in [0.4, 0.5) is 9.52 Å². The standard InChI is InChI=1S/C39H40Cl3FN6O7S2.2ClH/c1-6-19-15-39(19,36(52)48-58(53,54)23-8-9-23)47-33(50)29-14-22(56-34-25-11-20(40)7-10-24(25)30(55-5)16-44-34)17-49(29)35(51)32(38(2,3)4)46-37-45-28(18-57-37)26-12-21(41)13-27(42)31(26)43;;/h6-7,10-13,16,18-19,22-23,29,32H,1,8-9,14-15,17H2,2-5H3,(H,45,46)(H,47,50)(H,48,52);2*1H/t19-,22-,29+,32-,39-;;/m1../s1. The molecule has 0 bridgehead atoms. The number of hydrogen-bond donors (Lipinski definition) is 3. The zero-order valence-corrected chi connectivity index (χ0v) is 38.1. The third-order valence-corrected chi connectivity index (χ3v) is 13.8. The molecule has 5 atom stereocenters. The Morgan fingerprint density at radius 3 is 2.45 bits per heavy atom. The van der Waals surface area contributed by atoms with Crippen molar-refractivity contribution in [1.29, 1.82) is 0 Å². The number of likely N-dealkylation sites (tertiary alicyclic amines) is 1. The van der Waals surface area contributed by atoms with Gasteiger partial charge >= 0.3 is 0 Å². The molecule has 2 saturated carbocycles. The van der Waals surface area contributed by atoms with Crippen molar-refractivity contribution < 1.29 is 36.7 Å². The Hall–Kier alpha value is -3.64. The molecule has 2 aromatic heterocycles. The van der Waals surface area contributed by atoms with Crippen molar-refractivity contribution in [2.45, 2.75) is 75.4 Å². The van der Waals surface area contributed by atoms with E-state index in [1.54, 1.807) is 23.6 Å². The normalized spacial score (nSPS) is 21.5. The number of sulfonamides is 1. The quantitative estimate of drug-likeness (QED) is 0.0887. The van der Waals surface area contributed by atoms with E-state index in [2.05, 4.69) is 31.9 Å². The monoisotopic (exact) mass is 964 g/mol. The summed E-state index contributed by atoms with van der Waals surface area (Å²) in [7, 11) is -2.42. The number of anilines is 1. The summed E-state index contributed by atoms with van der Waals surface area (Å²) < 4.78 is 54.7. The minimum Gasteiger partial charge on any atom is -0.494 e. The molecule has 2 aromatic carbocycles. The first-order chi connectivity index (χ1) is 27.3. The maximum Gasteiger partial charge on any atom is 0.259 e. The van der Waals surface area contributed by atoms with Crippen LogP contribution in [0.2, 0.25) is 15.1 Å². The molecule has 0 radical (unpaired) electrons. The summed E-state index contributed by atoms with van der Waals surface area (Å²) in [5.74, 6) is -2.61. The van der Waals surface area contributed by atoms with Crippen molar-refractivity contribution in [3.05, 3.63) is 75.4 Å². The smallest absolute Gasteiger partial charge is 0.259 e. The number of thiazole rings is 1. The number of ether oxygens (including phenoxy) is 2. The van der Waals surface area contributed by atoms with Crippen LogP contribution in [0.5, 0.6) is 11.6 Å². The van der Waals surface area contributed by atoms with Crippen molar-refractivity contribution in [2.24, 2.45) is 11.3 Å². The van der Waals surface area contributed by atoms with E-state index in [1.807, 2.05) is 20.8 Å². The predicted octanol–water partition coefficient (Wildman–Crippen LogP) is 7.85. The van der Waals surface area contributed by atoms with E-state index in [-0.39, 0.29) is 76.5 Å². The lowest BCUT2D eigenvalue weighted by molar-refractivity contribution is -0.141. The summed E-state index contributed by atoms with van der Waals surface area (Å²) in [4.78, 5) is 53.3. The average molecular weight is 967 g/mol. The Morgan fingerprint density at radius 2 is 1.82 bits per heavy atom. The van der Waals surface area contributed by atoms with Gasteiger partial charge in [0.2, 0.25) is 27.7 Å². The fourth-order valence-corrected chi connectivity index (χ4v) is 9.89. The molecule has 13 nitrogen and oxygen atoms in total. The zero-order chi connectivity index (χ0) is 41.9. The highest BCUT2D eigenvalue weighted by molar-refractivity contribution is 7.91. The molecule has 7 rings (SSSR count). The average Bonchev–Trinajstić information content (AvgIpc) is 4.05. The van der Waals surface area contributed by atoms with Crippen LogP contribution in [0.15, 0.2) is 54.6 Å². The fraction of sp³-hybridized carbons (Fsp3) is 0.410. The molecule has 60 heavy (non-hydrogen) atoms. The van der Waals surface area contributed by atoms with Crippen LogP contribution in [0, 0.1) is 17.2 Å². The molecule has 324 valence electrons. The summed E-state index contributed by atoms with van der Waals surface area (Å²) in [6.45, 7) is 9.22. The van der Waals surface area contributed by atoms with Gasteiger partial charge in [-0.1, -0.05) is 61.7 Å². The minimum absolute atomic E-state index is 0. The maximum atomic E-state index is 15.0. The highest BCUT2D eigenvalue weighted by Crippen LogP contribution is 2.46. The molecular formula is C39H42Cl5FN6O7S2. The molecule has 3 fully saturated rings. The van der Waals surface area contributed by atoms with Gasteiger partial charge in [-0.25, -0.2) is 22.8 Å². The number of amides is 3. The molecule has 1 saturated heterocycles. The van der Waals surface area contributed by atoms with Crippen LogP contribution in [0.25, 0.3) is 22.0 Å². The van der Waals surface area contributed by atoms with Crippen molar-refractivity contribution in [2.75, 3.05) is 19.0 Å². The molecule has 3 N–H and O–H groups in total. The second-order valence-corrected chi connectivity index (χ2v) is 19.8. The molecule has 4 aromatic rings. The van der Waals surface area contributed by atoms with Gasteiger partial charge in [0, 0.05) is 44.1 Å². The Balaban J connectivity index is 0.00000341. The molecule has 21 heteroatoms. The summed E-state index contributed by atoms with van der Waals surface area (Å²) in [5, 5.41) is 8.93. The second kappa shape index (κ2) is 18.0. The lowest BCUT2D eigenvalue weighted by Crippen LogP contribution is -2.58. The van der Waals surface area contributed by atoms with Crippen LogP contribution < -0.4 is 24.8 Å². The third-order valence-electron chi connectivity index (χ3n) is 10.5. The van der Waals surface area contributed by atoms with Crippen LogP contribution in [0.1, 0.15) is 46.5 Å². The molecule has 0 unspecified atom stereocenters. The van der Waals surface area contributed by atoms with Gasteiger partial charge in [-0.2, -0.15) is 0 Å². The molecule has 2 aliphatic carbocycles. The van der Waals surface area contributed by atoms with Crippen LogP contribution >= 0.6 is 71.0 Å². The van der Waals surface area contributed by atoms with Crippen molar-refractivity contribution >= 4 is 115 Å². The number of carbonyl (C=O) groups excluding carboxylic acids is 3. The van der Waals surface area contributed by atoms with Crippen LogP contribution in [-0.4, -0.2) is 83.6 Å². The van der Waals surface area contributed by atoms with Crippen molar-refractivity contribution in [3.63, 3.8) is 0 Å². The van der Waals surface area contributed by atoms with Crippen molar-refractivity contribution in [3.8, 4) is 22.9 Å². The number of nitrogens with zero attached hydrogens (tertiary/aromatic N) is 3. The number of halogens is 6. The number of carbonyl (C=O) groups is 3. The topological polar surface area (TPSA) is 169 Å². The molecule has 3 heterocycles. The van der Waals surface area contributed by atoms with E-state index in [0.29, 0.717) is 34.4 Å². The van der Waals surface area contributed by atoms with E-state index < -0.39 is 73.9 Å². The van der Waals surface area contributed by atoms with Crippen LogP contribution in [-0.2, 0) is 24.4 Å². The first-order valence-corrected chi connectivity index (χ1v) is 21.9. The predicted molar refractivity (Wildman–Crippen MR) is 236 cm³/mol. The number of fused-ring (bicyclic) bond motifs is 1. The Kier molecular flexibility index (Phi) is 14.2. The summed E-state index contributed by atoms with van der Waals surface area (Å²) >= 11 is 19.7. The SMILES string of the molecule is C=C[C@@H]1C[C@]1(NC(=O)[C@@H]1C[C@@H](Oc2ncc(OC)c3ccc(Cl)cc23)CN1C(=O)[C@@H](Nc1nc(-c2cc(Cl)cc(Cl)c2F)cs1)C(C)(C)C)C(=O)NS(=O)(=O)C1CC1.Cl.Cl. The van der Waals surface area contributed by atoms with E-state index in [0.717, 1.165) is 11.3 Å². The number of nitrogens with one attached hydrogen (secondary N) is 3. The van der Waals surface area contributed by atoms with Gasteiger partial charge in [0.15, 0.2) is 10.9 Å². The lowest BCUT2D eigenvalue weighted by Gasteiger charge is -2.35. The number of pyridine rings is 1. The largest absolute Gasteiger partial charge is 0.494 e. The molecular weight excluding hydrogens is 925 g/mol. The fourth-order valence-electron chi connectivity index (χ4n) is 7.12. The molecule has 0 spiro atoms. The number of aromatic nitrogens is 2. The van der Waals surface area contributed by atoms with E-state index in [9.17, 15) is 22.8 Å². The van der Waals surface area contributed by atoms with E-state index >= 15 is 4.39 Å². The first kappa shape index (κ1) is 47.4. The Labute approximate surface area is 378 Å². The highest BCUT2D eigenvalue weighted by Gasteiger charge is 2.62. The number of benzene rings is 2. The van der Waals surface area contributed by atoms with Gasteiger partial charge < -0.3 is 25.0 Å². The highest BCUT2D eigenvalue weighted by atomic mass is 35.5. The summed E-state index contributed by atoms with van der Waals surface area (Å²) in [6.07, 6.45) is 3.19. The number of rotatable bonds is 13. The minimum atomic E-state index is -3.93. The van der Waals surface area contributed by atoms with E-state index in [1.165, 1.54) is 36.4 Å². The van der Waals surface area contributed by atoms with Gasteiger partial charge in [0.25, 0.3) is 5.91 Å². The van der Waals surface area contributed by atoms with Gasteiger partial charge in [-0.05, 0) is 55.0 Å². The molecule has 3 amide bonds. The maximum absolute atomic E-state index is 15.0. The molecule has 3 aliphatic rings. The van der Waals surface area contributed by atoms with Crippen LogP contribution in [0.3, 0.4) is 0 Å². The zero-order valence-electron chi connectivity index (χ0n) is 32.6. The van der Waals surface area contributed by atoms with Gasteiger partial charge in [0.1, 0.15) is 29.5 Å².